The maximum Gasteiger partial charge on any atom is 0.178 e. The Balaban J connectivity index is 1.36. The lowest BCUT2D eigenvalue weighted by molar-refractivity contribution is 0.485. The zero-order valence-corrected chi connectivity index (χ0v) is 22.2. The monoisotopic (exact) mass is 535 g/mol. The van der Waals surface area contributed by atoms with Gasteiger partial charge in [-0.05, 0) is 35.9 Å². The smallest absolute Gasteiger partial charge is 0.178 e. The topological polar surface area (TPSA) is 52.3 Å². The number of rotatable bonds is 3. The summed E-state index contributed by atoms with van der Waals surface area (Å²) in [4.78, 5) is 4.30. The Labute approximate surface area is 230 Å². The molecule has 5 aromatic carbocycles. The minimum atomic E-state index is -3.19. The molecule has 1 aliphatic heterocycles. The lowest BCUT2D eigenvalue weighted by Crippen LogP contribution is -2.30. The molecule has 8 rings (SSSR count). The minimum absolute atomic E-state index is 0.616. The second-order valence-electron chi connectivity index (χ2n) is 9.91. The molecule has 0 saturated heterocycles. The number of fused-ring (bicyclic) bond motifs is 5. The van der Waals surface area contributed by atoms with E-state index in [1.807, 2.05) is 97.2 Å². The molecule has 5 heteroatoms. The molecule has 1 aliphatic rings. The maximum atomic E-state index is 15.2. The third-order valence-electron chi connectivity index (χ3n) is 7.65. The van der Waals surface area contributed by atoms with Crippen LogP contribution >= 0.6 is 7.14 Å². The van der Waals surface area contributed by atoms with Gasteiger partial charge >= 0.3 is 0 Å². The molecule has 0 fully saturated rings. The molecule has 7 aromatic rings. The third kappa shape index (κ3) is 3.33. The van der Waals surface area contributed by atoms with Gasteiger partial charge in [-0.2, -0.15) is 0 Å². The molecule has 2 aromatic heterocycles. The number of nitrogens with zero attached hydrogens (tertiary/aromatic N) is 1. The van der Waals surface area contributed by atoms with Crippen LogP contribution in [0.15, 0.2) is 138 Å². The number of pyridine rings is 1. The number of hydrogen-bond acceptors (Lipinski definition) is 4. The number of hydrogen-bond donors (Lipinski definition) is 0. The number of para-hydroxylation sites is 3. The largest absolute Gasteiger partial charge is 0.456 e. The van der Waals surface area contributed by atoms with Gasteiger partial charge < -0.3 is 13.7 Å². The summed E-state index contributed by atoms with van der Waals surface area (Å²) in [5.41, 5.74) is 5.47. The van der Waals surface area contributed by atoms with E-state index >= 15 is 4.57 Å². The summed E-state index contributed by atoms with van der Waals surface area (Å²) in [6.45, 7) is 0. The molecule has 0 N–H and O–H groups in total. The maximum absolute atomic E-state index is 15.2. The zero-order chi connectivity index (χ0) is 26.7. The van der Waals surface area contributed by atoms with Gasteiger partial charge in [0.25, 0.3) is 0 Å². The van der Waals surface area contributed by atoms with Crippen LogP contribution in [0.4, 0.5) is 0 Å². The van der Waals surface area contributed by atoms with Crippen LogP contribution in [0.3, 0.4) is 0 Å². The molecule has 0 saturated carbocycles. The van der Waals surface area contributed by atoms with E-state index in [0.29, 0.717) is 22.1 Å². The van der Waals surface area contributed by atoms with Crippen LogP contribution < -0.4 is 20.7 Å². The van der Waals surface area contributed by atoms with Gasteiger partial charge in [0, 0.05) is 45.2 Å². The molecule has 0 amide bonds. The molecule has 0 bridgehead atoms. The van der Waals surface area contributed by atoms with E-state index in [0.717, 1.165) is 49.5 Å². The molecule has 4 nitrogen and oxygen atoms in total. The van der Waals surface area contributed by atoms with Crippen LogP contribution in [0.2, 0.25) is 0 Å². The Bertz CT molecular complexity index is 2120. The molecule has 0 spiro atoms. The number of benzene rings is 5. The van der Waals surface area contributed by atoms with Gasteiger partial charge in [0.15, 0.2) is 7.14 Å². The van der Waals surface area contributed by atoms with Gasteiger partial charge in [0.05, 0.1) is 10.6 Å². The molecule has 40 heavy (non-hydrogen) atoms. The van der Waals surface area contributed by atoms with E-state index in [1.54, 1.807) is 6.20 Å². The molecule has 1 unspecified atom stereocenters. The van der Waals surface area contributed by atoms with Crippen LogP contribution in [0, 0.1) is 0 Å². The summed E-state index contributed by atoms with van der Waals surface area (Å²) in [7, 11) is -3.19. The first-order valence-corrected chi connectivity index (χ1v) is 14.9. The molecule has 0 aliphatic carbocycles. The first-order chi connectivity index (χ1) is 19.7. The minimum Gasteiger partial charge on any atom is -0.456 e. The van der Waals surface area contributed by atoms with E-state index in [9.17, 15) is 0 Å². The third-order valence-corrected chi connectivity index (χ3v) is 10.8. The Kier molecular flexibility index (Phi) is 5.07. The van der Waals surface area contributed by atoms with Crippen LogP contribution in [-0.2, 0) is 4.57 Å². The molecular weight excluding hydrogens is 513 g/mol. The van der Waals surface area contributed by atoms with Crippen molar-refractivity contribution in [1.29, 1.82) is 0 Å². The van der Waals surface area contributed by atoms with Crippen LogP contribution in [0.5, 0.6) is 11.5 Å². The fourth-order valence-electron chi connectivity index (χ4n) is 5.78. The fourth-order valence-corrected chi connectivity index (χ4v) is 8.67. The Hall–Kier alpha value is -4.92. The van der Waals surface area contributed by atoms with Gasteiger partial charge in [-0.25, -0.2) is 0 Å². The molecule has 1 atom stereocenters. The van der Waals surface area contributed by atoms with Crippen molar-refractivity contribution < 1.29 is 13.7 Å². The van der Waals surface area contributed by atoms with Gasteiger partial charge in [-0.3, -0.25) is 4.98 Å². The lowest BCUT2D eigenvalue weighted by Gasteiger charge is -2.29. The summed E-state index contributed by atoms with van der Waals surface area (Å²) in [5.74, 6) is 1.25. The van der Waals surface area contributed by atoms with E-state index in [-0.39, 0.29) is 0 Å². The zero-order valence-electron chi connectivity index (χ0n) is 21.3. The van der Waals surface area contributed by atoms with Crippen LogP contribution in [0.1, 0.15) is 0 Å². The van der Waals surface area contributed by atoms with Gasteiger partial charge in [0.1, 0.15) is 22.7 Å². The molecular formula is C35H22NO3P. The fraction of sp³-hybridized carbons (Fsp3) is 0. The van der Waals surface area contributed by atoms with Crippen molar-refractivity contribution in [1.82, 2.24) is 4.98 Å². The summed E-state index contributed by atoms with van der Waals surface area (Å²) >= 11 is 0. The van der Waals surface area contributed by atoms with Crippen molar-refractivity contribution in [3.05, 3.63) is 134 Å². The van der Waals surface area contributed by atoms with E-state index < -0.39 is 7.14 Å². The highest BCUT2D eigenvalue weighted by Crippen LogP contribution is 2.52. The molecule has 0 radical (unpaired) electrons. The average Bonchev–Trinajstić information content (AvgIpc) is 3.41. The number of furan rings is 1. The summed E-state index contributed by atoms with van der Waals surface area (Å²) in [6.07, 6.45) is 3.62. The Morgan fingerprint density at radius 3 is 2.02 bits per heavy atom. The van der Waals surface area contributed by atoms with Crippen molar-refractivity contribution in [2.75, 3.05) is 0 Å². The normalized spacial score (nSPS) is 15.9. The van der Waals surface area contributed by atoms with Gasteiger partial charge in [-0.15, -0.1) is 0 Å². The first kappa shape index (κ1) is 23.0. The summed E-state index contributed by atoms with van der Waals surface area (Å²) in [5, 5.41) is 4.27. The van der Waals surface area contributed by atoms with Crippen LogP contribution in [0.25, 0.3) is 44.2 Å². The van der Waals surface area contributed by atoms with E-state index in [4.69, 9.17) is 9.15 Å². The average molecular weight is 536 g/mol. The van der Waals surface area contributed by atoms with Crippen molar-refractivity contribution in [3.63, 3.8) is 0 Å². The van der Waals surface area contributed by atoms with Gasteiger partial charge in [-0.1, -0.05) is 91.0 Å². The van der Waals surface area contributed by atoms with Crippen molar-refractivity contribution in [2.24, 2.45) is 0 Å². The number of ether oxygens (including phenoxy) is 1. The van der Waals surface area contributed by atoms with Gasteiger partial charge in [0.2, 0.25) is 0 Å². The second-order valence-corrected chi connectivity index (χ2v) is 12.6. The molecule has 3 heterocycles. The standard InChI is InChI=1S/C35H22NO3P/c37-40(25-10-2-1-3-11-25)32-17-5-4-16-30(32)38-31-19-18-23(21-33(31)40)26-12-6-14-28-29-15-7-13-27(35(29)39-34(26)28)24-9-8-20-36-22-24/h1-22H. The lowest BCUT2D eigenvalue weighted by atomic mass is 10.0. The van der Waals surface area contributed by atoms with Crippen molar-refractivity contribution >= 4 is 45.0 Å². The highest BCUT2D eigenvalue weighted by atomic mass is 31.2. The predicted octanol–water partition coefficient (Wildman–Crippen LogP) is 8.06. The Morgan fingerprint density at radius 2 is 1.27 bits per heavy atom. The SMILES string of the molecule is O=P1(c2ccccc2)c2ccccc2Oc2ccc(-c3cccc4c3oc3c(-c5cccnc5)cccc34)cc21. The summed E-state index contributed by atoms with van der Waals surface area (Å²) < 4.78 is 28.1. The van der Waals surface area contributed by atoms with Crippen molar-refractivity contribution in [3.8, 4) is 33.8 Å². The second kappa shape index (κ2) is 8.81. The Morgan fingerprint density at radius 1 is 0.575 bits per heavy atom. The van der Waals surface area contributed by atoms with E-state index in [1.165, 1.54) is 0 Å². The highest BCUT2D eigenvalue weighted by Gasteiger charge is 2.39. The van der Waals surface area contributed by atoms with E-state index in [2.05, 4.69) is 35.3 Å². The quantitative estimate of drug-likeness (QED) is 0.215. The number of aromatic nitrogens is 1. The predicted molar refractivity (Wildman–Crippen MR) is 162 cm³/mol. The summed E-state index contributed by atoms with van der Waals surface area (Å²) in [6, 6.07) is 39.7. The van der Waals surface area contributed by atoms with Crippen molar-refractivity contribution in [2.45, 2.75) is 0 Å². The van der Waals surface area contributed by atoms with Crippen LogP contribution in [-0.4, -0.2) is 4.98 Å². The first-order valence-electron chi connectivity index (χ1n) is 13.1. The highest BCUT2D eigenvalue weighted by molar-refractivity contribution is 7.85. The molecule has 190 valence electrons.